The molecule has 6 heteroatoms. The molecule has 0 bridgehead atoms. The van der Waals surface area contributed by atoms with Crippen molar-refractivity contribution in [3.05, 3.63) is 0 Å². The van der Waals surface area contributed by atoms with Crippen LogP contribution in [0, 0.1) is 5.92 Å². The Hall–Kier alpha value is -1.14. The molecule has 1 saturated heterocycles. The largest absolute Gasteiger partial charge is 0.377 e. The Bertz CT molecular complexity index is 294. The third-order valence-electron chi connectivity index (χ3n) is 2.96. The number of rotatable bonds is 3. The van der Waals surface area contributed by atoms with Gasteiger partial charge in [0.15, 0.2) is 0 Å². The second-order valence-corrected chi connectivity index (χ2v) is 4.51. The highest BCUT2D eigenvalue weighted by Gasteiger charge is 2.35. The fourth-order valence-electron chi connectivity index (χ4n) is 1.73. The van der Waals surface area contributed by atoms with Crippen LogP contribution in [-0.4, -0.2) is 55.6 Å². The van der Waals surface area contributed by atoms with Crippen molar-refractivity contribution in [2.75, 3.05) is 26.8 Å². The molecule has 2 amide bonds. The predicted octanol–water partition coefficient (Wildman–Crippen LogP) is -1.06. The van der Waals surface area contributed by atoms with Gasteiger partial charge in [0.05, 0.1) is 19.3 Å². The number of hydrogen-bond donors (Lipinski definition) is 2. The van der Waals surface area contributed by atoms with Crippen molar-refractivity contribution in [2.24, 2.45) is 11.7 Å². The van der Waals surface area contributed by atoms with Gasteiger partial charge in [0.2, 0.25) is 11.8 Å². The number of morpholine rings is 1. The number of nitrogens with one attached hydrogen (secondary N) is 1. The topological polar surface area (TPSA) is 84.7 Å². The van der Waals surface area contributed by atoms with Crippen LogP contribution in [-0.2, 0) is 14.3 Å². The number of carbonyl (C=O) groups is 2. The van der Waals surface area contributed by atoms with Crippen LogP contribution in [0.25, 0.3) is 0 Å². The molecule has 1 fully saturated rings. The third kappa shape index (κ3) is 3.17. The van der Waals surface area contributed by atoms with E-state index in [0.717, 1.165) is 0 Å². The van der Waals surface area contributed by atoms with Crippen molar-refractivity contribution in [2.45, 2.75) is 25.9 Å². The normalized spacial score (nSPS) is 22.4. The van der Waals surface area contributed by atoms with Gasteiger partial charge < -0.3 is 20.7 Å². The summed E-state index contributed by atoms with van der Waals surface area (Å²) in [6, 6.07) is -1.13. The number of ether oxygens (including phenoxy) is 1. The van der Waals surface area contributed by atoms with Gasteiger partial charge in [0, 0.05) is 13.6 Å². The second-order valence-electron chi connectivity index (χ2n) is 4.51. The zero-order valence-corrected chi connectivity index (χ0v) is 10.6. The minimum absolute atomic E-state index is 0.0516. The van der Waals surface area contributed by atoms with Gasteiger partial charge in [0.25, 0.3) is 0 Å². The SMILES string of the molecule is CNC(=O)C1COCCN1C(=O)[C@H](N)C(C)C. The summed E-state index contributed by atoms with van der Waals surface area (Å²) in [5.41, 5.74) is 5.83. The first-order valence-corrected chi connectivity index (χ1v) is 5.84. The lowest BCUT2D eigenvalue weighted by Crippen LogP contribution is -2.59. The van der Waals surface area contributed by atoms with Crippen LogP contribution in [0.15, 0.2) is 0 Å². The molecule has 6 nitrogen and oxygen atoms in total. The number of nitrogens with zero attached hydrogens (tertiary/aromatic N) is 1. The second kappa shape index (κ2) is 5.97. The Morgan fingerprint density at radius 1 is 1.47 bits per heavy atom. The van der Waals surface area contributed by atoms with E-state index < -0.39 is 12.1 Å². The third-order valence-corrected chi connectivity index (χ3v) is 2.96. The summed E-state index contributed by atoms with van der Waals surface area (Å²) in [6.45, 7) is 4.87. The Morgan fingerprint density at radius 3 is 2.65 bits per heavy atom. The predicted molar refractivity (Wildman–Crippen MR) is 63.2 cm³/mol. The zero-order chi connectivity index (χ0) is 13.0. The summed E-state index contributed by atoms with van der Waals surface area (Å²) in [5, 5.41) is 2.53. The first kappa shape index (κ1) is 13.9. The van der Waals surface area contributed by atoms with Crippen LogP contribution >= 0.6 is 0 Å². The van der Waals surface area contributed by atoms with Crippen LogP contribution < -0.4 is 11.1 Å². The van der Waals surface area contributed by atoms with Gasteiger partial charge in [-0.25, -0.2) is 0 Å². The van der Waals surface area contributed by atoms with E-state index in [9.17, 15) is 9.59 Å². The van der Waals surface area contributed by atoms with Crippen LogP contribution in [0.1, 0.15) is 13.8 Å². The minimum atomic E-state index is -0.569. The van der Waals surface area contributed by atoms with Gasteiger partial charge >= 0.3 is 0 Å². The van der Waals surface area contributed by atoms with Crippen molar-refractivity contribution in [1.82, 2.24) is 10.2 Å². The zero-order valence-electron chi connectivity index (χ0n) is 10.6. The van der Waals surface area contributed by atoms with Gasteiger partial charge in [-0.1, -0.05) is 13.8 Å². The van der Waals surface area contributed by atoms with Gasteiger partial charge in [-0.05, 0) is 5.92 Å². The van der Waals surface area contributed by atoms with E-state index in [2.05, 4.69) is 5.32 Å². The molecule has 1 heterocycles. The monoisotopic (exact) mass is 243 g/mol. The molecule has 1 aliphatic heterocycles. The molecule has 0 aromatic carbocycles. The van der Waals surface area contributed by atoms with Gasteiger partial charge in [-0.2, -0.15) is 0 Å². The first-order valence-electron chi connectivity index (χ1n) is 5.84. The Labute approximate surface area is 101 Å². The highest BCUT2D eigenvalue weighted by Crippen LogP contribution is 2.11. The van der Waals surface area contributed by atoms with Crippen LogP contribution in [0.3, 0.4) is 0 Å². The van der Waals surface area contributed by atoms with E-state index in [1.54, 1.807) is 7.05 Å². The molecule has 1 aliphatic rings. The van der Waals surface area contributed by atoms with E-state index in [1.807, 2.05) is 13.8 Å². The molecular weight excluding hydrogens is 222 g/mol. The molecule has 1 rings (SSSR count). The molecule has 0 radical (unpaired) electrons. The molecule has 0 aromatic heterocycles. The molecule has 1 unspecified atom stereocenters. The number of amides is 2. The molecule has 98 valence electrons. The van der Waals surface area contributed by atoms with E-state index >= 15 is 0 Å². The van der Waals surface area contributed by atoms with E-state index in [-0.39, 0.29) is 24.3 Å². The standard InChI is InChI=1S/C11H21N3O3/c1-7(2)9(12)11(16)14-4-5-17-6-8(14)10(15)13-3/h7-9H,4-6,12H2,1-3H3,(H,13,15)/t8?,9-/m1/s1. The molecule has 3 N–H and O–H groups in total. The lowest BCUT2D eigenvalue weighted by molar-refractivity contribution is -0.149. The highest BCUT2D eigenvalue weighted by atomic mass is 16.5. The number of carbonyl (C=O) groups excluding carboxylic acids is 2. The number of likely N-dealkylation sites (N-methyl/N-ethyl adjacent to an activating group) is 1. The van der Waals surface area contributed by atoms with E-state index in [4.69, 9.17) is 10.5 Å². The summed E-state index contributed by atoms with van der Waals surface area (Å²) >= 11 is 0. The molecule has 2 atom stereocenters. The maximum atomic E-state index is 12.1. The quantitative estimate of drug-likeness (QED) is 0.662. The average molecular weight is 243 g/mol. The summed E-state index contributed by atoms with van der Waals surface area (Å²) < 4.78 is 5.23. The van der Waals surface area contributed by atoms with Gasteiger partial charge in [0.1, 0.15) is 6.04 Å². The van der Waals surface area contributed by atoms with Crippen molar-refractivity contribution >= 4 is 11.8 Å². The number of hydrogen-bond acceptors (Lipinski definition) is 4. The molecule has 0 aromatic rings. The van der Waals surface area contributed by atoms with Gasteiger partial charge in [-0.3, -0.25) is 9.59 Å². The Kier molecular flexibility index (Phi) is 4.89. The fraction of sp³-hybridized carbons (Fsp3) is 0.818. The van der Waals surface area contributed by atoms with Crippen LogP contribution in [0.2, 0.25) is 0 Å². The maximum absolute atomic E-state index is 12.1. The number of nitrogens with two attached hydrogens (primary N) is 1. The molecule has 0 aliphatic carbocycles. The Morgan fingerprint density at radius 2 is 2.12 bits per heavy atom. The highest BCUT2D eigenvalue weighted by molar-refractivity contribution is 5.90. The van der Waals surface area contributed by atoms with Crippen LogP contribution in [0.4, 0.5) is 0 Å². The average Bonchev–Trinajstić information content (AvgIpc) is 2.35. The molecule has 17 heavy (non-hydrogen) atoms. The lowest BCUT2D eigenvalue weighted by atomic mass is 10.0. The van der Waals surface area contributed by atoms with Crippen LogP contribution in [0.5, 0.6) is 0 Å². The smallest absolute Gasteiger partial charge is 0.244 e. The van der Waals surface area contributed by atoms with E-state index in [1.165, 1.54) is 4.90 Å². The van der Waals surface area contributed by atoms with E-state index in [0.29, 0.717) is 13.2 Å². The molecular formula is C11H21N3O3. The maximum Gasteiger partial charge on any atom is 0.244 e. The summed E-state index contributed by atoms with van der Waals surface area (Å²) in [6.07, 6.45) is 0. The molecule has 0 spiro atoms. The molecule has 0 saturated carbocycles. The van der Waals surface area contributed by atoms with Crippen molar-refractivity contribution in [3.63, 3.8) is 0 Å². The Balaban J connectivity index is 2.77. The summed E-state index contributed by atoms with van der Waals surface area (Å²) in [7, 11) is 1.54. The van der Waals surface area contributed by atoms with Crippen molar-refractivity contribution in [1.29, 1.82) is 0 Å². The summed E-state index contributed by atoms with van der Waals surface area (Å²) in [5.74, 6) is -0.346. The summed E-state index contributed by atoms with van der Waals surface area (Å²) in [4.78, 5) is 25.3. The minimum Gasteiger partial charge on any atom is -0.377 e. The lowest BCUT2D eigenvalue weighted by Gasteiger charge is -2.36. The van der Waals surface area contributed by atoms with Crippen molar-refractivity contribution in [3.8, 4) is 0 Å². The first-order chi connectivity index (χ1) is 7.99. The fourth-order valence-corrected chi connectivity index (χ4v) is 1.73. The van der Waals surface area contributed by atoms with Gasteiger partial charge in [-0.15, -0.1) is 0 Å². The van der Waals surface area contributed by atoms with Crippen molar-refractivity contribution < 1.29 is 14.3 Å².